The molecule has 0 rings (SSSR count). The highest BCUT2D eigenvalue weighted by atomic mass is 16.5. The van der Waals surface area contributed by atoms with Crippen molar-refractivity contribution >= 4 is 5.91 Å². The molecular weight excluding hydrogens is 218 g/mol. The maximum atomic E-state index is 10.7. The zero-order valence-corrected chi connectivity index (χ0v) is 11.2. The Hall–Kier alpha value is -0.610. The Labute approximate surface area is 105 Å². The van der Waals surface area contributed by atoms with Gasteiger partial charge >= 0.3 is 0 Å². The minimum atomic E-state index is -0.435. The molecule has 0 heterocycles. The van der Waals surface area contributed by atoms with Crippen LogP contribution in [0.15, 0.2) is 0 Å². The minimum absolute atomic E-state index is 0.319. The number of carbonyl (C=O) groups excluding carboxylic acids is 1. The molecule has 1 unspecified atom stereocenters. The van der Waals surface area contributed by atoms with Crippen molar-refractivity contribution in [2.24, 2.45) is 0 Å². The second-order valence-electron chi connectivity index (χ2n) is 4.26. The first-order valence-corrected chi connectivity index (χ1v) is 6.73. The standard InChI is InChI=1S/C13H27NO3/c1-3-5-6-8-12(4-2)17-10-7-9-14-13(16)11-15/h12,15H,3-11H2,1-2H3,(H,14,16). The van der Waals surface area contributed by atoms with Crippen molar-refractivity contribution in [3.8, 4) is 0 Å². The number of nitrogens with one attached hydrogen (secondary N) is 1. The number of aliphatic hydroxyl groups is 1. The molecule has 1 amide bonds. The van der Waals surface area contributed by atoms with Gasteiger partial charge in [0.1, 0.15) is 6.61 Å². The van der Waals surface area contributed by atoms with Crippen LogP contribution in [0.5, 0.6) is 0 Å². The topological polar surface area (TPSA) is 58.6 Å². The molecule has 0 saturated heterocycles. The normalized spacial score (nSPS) is 12.4. The summed E-state index contributed by atoms with van der Waals surface area (Å²) in [7, 11) is 0. The molecule has 0 aliphatic rings. The first-order valence-electron chi connectivity index (χ1n) is 6.73. The largest absolute Gasteiger partial charge is 0.387 e. The number of ether oxygens (including phenoxy) is 1. The van der Waals surface area contributed by atoms with Crippen LogP contribution in [-0.4, -0.2) is 36.9 Å². The van der Waals surface area contributed by atoms with Gasteiger partial charge in [0.25, 0.3) is 0 Å². The predicted molar refractivity (Wildman–Crippen MR) is 68.9 cm³/mol. The number of unbranched alkanes of at least 4 members (excludes halogenated alkanes) is 2. The molecule has 102 valence electrons. The molecule has 17 heavy (non-hydrogen) atoms. The molecule has 4 nitrogen and oxygen atoms in total. The van der Waals surface area contributed by atoms with Crippen LogP contribution in [0.2, 0.25) is 0 Å². The Bertz CT molecular complexity index is 186. The van der Waals surface area contributed by atoms with Gasteiger partial charge in [0.2, 0.25) is 5.91 Å². The van der Waals surface area contributed by atoms with Gasteiger partial charge in [-0.3, -0.25) is 4.79 Å². The second kappa shape index (κ2) is 11.9. The van der Waals surface area contributed by atoms with E-state index in [1.54, 1.807) is 0 Å². The van der Waals surface area contributed by atoms with Crippen LogP contribution in [0.1, 0.15) is 52.4 Å². The van der Waals surface area contributed by atoms with E-state index in [9.17, 15) is 4.79 Å². The smallest absolute Gasteiger partial charge is 0.245 e. The quantitative estimate of drug-likeness (QED) is 0.546. The zero-order valence-electron chi connectivity index (χ0n) is 11.2. The summed E-state index contributed by atoms with van der Waals surface area (Å²) >= 11 is 0. The molecule has 0 bridgehead atoms. The number of aliphatic hydroxyl groups excluding tert-OH is 1. The van der Waals surface area contributed by atoms with Gasteiger partial charge in [-0.2, -0.15) is 0 Å². The van der Waals surface area contributed by atoms with Crippen LogP contribution in [0.3, 0.4) is 0 Å². The average molecular weight is 245 g/mol. The monoisotopic (exact) mass is 245 g/mol. The van der Waals surface area contributed by atoms with Gasteiger partial charge < -0.3 is 15.2 Å². The molecule has 4 heteroatoms. The Morgan fingerprint density at radius 2 is 2.06 bits per heavy atom. The zero-order chi connectivity index (χ0) is 12.9. The third kappa shape index (κ3) is 10.3. The van der Waals surface area contributed by atoms with E-state index in [-0.39, 0.29) is 5.91 Å². The Kier molecular flexibility index (Phi) is 11.4. The highest BCUT2D eigenvalue weighted by molar-refractivity contribution is 5.76. The molecule has 0 spiro atoms. The lowest BCUT2D eigenvalue weighted by atomic mass is 10.1. The lowest BCUT2D eigenvalue weighted by Gasteiger charge is -2.15. The van der Waals surface area contributed by atoms with E-state index in [4.69, 9.17) is 9.84 Å². The third-order valence-electron chi connectivity index (χ3n) is 2.73. The van der Waals surface area contributed by atoms with Crippen molar-refractivity contribution in [1.29, 1.82) is 0 Å². The van der Waals surface area contributed by atoms with Crippen LogP contribution in [0, 0.1) is 0 Å². The first-order chi connectivity index (χ1) is 8.24. The SMILES string of the molecule is CCCCCC(CC)OCCCNC(=O)CO. The van der Waals surface area contributed by atoms with Crippen LogP contribution in [0.25, 0.3) is 0 Å². The van der Waals surface area contributed by atoms with Gasteiger partial charge in [-0.1, -0.05) is 33.1 Å². The minimum Gasteiger partial charge on any atom is -0.387 e. The van der Waals surface area contributed by atoms with E-state index in [0.29, 0.717) is 19.3 Å². The van der Waals surface area contributed by atoms with Crippen molar-refractivity contribution in [2.45, 2.75) is 58.5 Å². The molecule has 0 aliphatic heterocycles. The van der Waals surface area contributed by atoms with Gasteiger partial charge in [-0.05, 0) is 19.3 Å². The molecule has 2 N–H and O–H groups in total. The number of hydrogen-bond acceptors (Lipinski definition) is 3. The lowest BCUT2D eigenvalue weighted by molar-refractivity contribution is -0.123. The Balaban J connectivity index is 3.39. The maximum absolute atomic E-state index is 10.7. The van der Waals surface area contributed by atoms with E-state index in [2.05, 4.69) is 19.2 Å². The highest BCUT2D eigenvalue weighted by Gasteiger charge is 2.05. The van der Waals surface area contributed by atoms with E-state index >= 15 is 0 Å². The van der Waals surface area contributed by atoms with Crippen molar-refractivity contribution in [1.82, 2.24) is 5.32 Å². The van der Waals surface area contributed by atoms with Crippen LogP contribution in [-0.2, 0) is 9.53 Å². The first kappa shape index (κ1) is 16.4. The van der Waals surface area contributed by atoms with Crippen molar-refractivity contribution in [3.63, 3.8) is 0 Å². The maximum Gasteiger partial charge on any atom is 0.245 e. The van der Waals surface area contributed by atoms with Crippen molar-refractivity contribution < 1.29 is 14.6 Å². The average Bonchev–Trinajstić information content (AvgIpc) is 2.36. The van der Waals surface area contributed by atoms with E-state index in [1.807, 2.05) is 0 Å². The number of hydrogen-bond donors (Lipinski definition) is 2. The molecular formula is C13H27NO3. The Morgan fingerprint density at radius 1 is 1.29 bits per heavy atom. The summed E-state index contributed by atoms with van der Waals surface area (Å²) in [5.74, 6) is -0.319. The van der Waals surface area contributed by atoms with Gasteiger partial charge in [0.15, 0.2) is 0 Å². The summed E-state index contributed by atoms with van der Waals surface area (Å²) in [6, 6.07) is 0. The molecule has 0 fully saturated rings. The molecule has 0 saturated carbocycles. The summed E-state index contributed by atoms with van der Waals surface area (Å²) in [5, 5.41) is 11.1. The molecule has 0 aromatic rings. The number of amides is 1. The van der Waals surface area contributed by atoms with Gasteiger partial charge in [-0.25, -0.2) is 0 Å². The molecule has 0 aromatic heterocycles. The summed E-state index contributed by atoms with van der Waals surface area (Å²) in [4.78, 5) is 10.7. The predicted octanol–water partition coefficient (Wildman–Crippen LogP) is 1.86. The van der Waals surface area contributed by atoms with Gasteiger partial charge in [-0.15, -0.1) is 0 Å². The summed E-state index contributed by atoms with van der Waals surface area (Å²) in [6.07, 6.45) is 7.08. The second-order valence-corrected chi connectivity index (χ2v) is 4.26. The summed E-state index contributed by atoms with van der Waals surface area (Å²) < 4.78 is 5.74. The van der Waals surface area contributed by atoms with Crippen LogP contribution in [0.4, 0.5) is 0 Å². The lowest BCUT2D eigenvalue weighted by Crippen LogP contribution is -2.28. The fourth-order valence-corrected chi connectivity index (χ4v) is 1.63. The summed E-state index contributed by atoms with van der Waals surface area (Å²) in [6.45, 7) is 5.16. The van der Waals surface area contributed by atoms with E-state index in [0.717, 1.165) is 19.3 Å². The molecule has 0 aliphatic carbocycles. The number of carbonyl (C=O) groups is 1. The molecule has 0 aromatic carbocycles. The number of rotatable bonds is 11. The van der Waals surface area contributed by atoms with E-state index in [1.165, 1.54) is 19.3 Å². The highest BCUT2D eigenvalue weighted by Crippen LogP contribution is 2.10. The molecule has 1 atom stereocenters. The molecule has 0 radical (unpaired) electrons. The van der Waals surface area contributed by atoms with E-state index < -0.39 is 6.61 Å². The fraction of sp³-hybridized carbons (Fsp3) is 0.923. The van der Waals surface area contributed by atoms with Crippen molar-refractivity contribution in [2.75, 3.05) is 19.8 Å². The van der Waals surface area contributed by atoms with Crippen molar-refractivity contribution in [3.05, 3.63) is 0 Å². The van der Waals surface area contributed by atoms with Gasteiger partial charge in [0.05, 0.1) is 6.10 Å². The van der Waals surface area contributed by atoms with Gasteiger partial charge in [0, 0.05) is 13.2 Å². The summed E-state index contributed by atoms with van der Waals surface area (Å²) in [5.41, 5.74) is 0. The third-order valence-corrected chi connectivity index (χ3v) is 2.73. The fourth-order valence-electron chi connectivity index (χ4n) is 1.63. The Morgan fingerprint density at radius 3 is 2.65 bits per heavy atom. The van der Waals surface area contributed by atoms with Crippen LogP contribution < -0.4 is 5.32 Å². The van der Waals surface area contributed by atoms with Crippen LogP contribution >= 0.6 is 0 Å².